The van der Waals surface area contributed by atoms with E-state index < -0.39 is 0 Å². The monoisotopic (exact) mass is 429 g/mol. The van der Waals surface area contributed by atoms with Crippen molar-refractivity contribution >= 4 is 11.8 Å². The minimum absolute atomic E-state index is 0.115. The van der Waals surface area contributed by atoms with Crippen LogP contribution in [-0.4, -0.2) is 56.3 Å². The average molecular weight is 429 g/mol. The van der Waals surface area contributed by atoms with Gasteiger partial charge in [0.1, 0.15) is 0 Å². The Labute approximate surface area is 180 Å². The van der Waals surface area contributed by atoms with E-state index in [-0.39, 0.29) is 30.6 Å². The second kappa shape index (κ2) is 10.0. The highest BCUT2D eigenvalue weighted by atomic mass is 16.5. The molecule has 2 amide bonds. The molecule has 0 unspecified atom stereocenters. The number of amides is 2. The summed E-state index contributed by atoms with van der Waals surface area (Å²) in [4.78, 5) is 26.9. The summed E-state index contributed by atoms with van der Waals surface area (Å²) in [5.74, 6) is 1.52. The van der Waals surface area contributed by atoms with E-state index in [0.29, 0.717) is 41.0 Å². The quantitative estimate of drug-likeness (QED) is 0.548. The molecule has 31 heavy (non-hydrogen) atoms. The van der Waals surface area contributed by atoms with Gasteiger partial charge in [-0.15, -0.1) is 6.58 Å². The number of hydrogen-bond acceptors (Lipinski definition) is 7. The minimum atomic E-state index is -0.296. The lowest BCUT2D eigenvalue weighted by Gasteiger charge is -2.21. The average Bonchev–Trinajstić information content (AvgIpc) is 3.51. The molecule has 1 N–H and O–H groups in total. The van der Waals surface area contributed by atoms with Crippen LogP contribution in [0.2, 0.25) is 0 Å². The van der Waals surface area contributed by atoms with Crippen molar-refractivity contribution in [3.8, 4) is 17.2 Å². The fourth-order valence-electron chi connectivity index (χ4n) is 3.09. The number of methoxy groups -OCH3 is 3. The maximum absolute atomic E-state index is 13.2. The number of aromatic nitrogens is 1. The molecule has 0 spiro atoms. The highest BCUT2D eigenvalue weighted by molar-refractivity contribution is 5.96. The normalized spacial score (nSPS) is 12.7. The van der Waals surface area contributed by atoms with Gasteiger partial charge in [0.2, 0.25) is 5.75 Å². The second-order valence-corrected chi connectivity index (χ2v) is 7.22. The van der Waals surface area contributed by atoms with Crippen LogP contribution >= 0.6 is 0 Å². The molecule has 166 valence electrons. The molecular weight excluding hydrogens is 402 g/mol. The van der Waals surface area contributed by atoms with Crippen LogP contribution in [0.4, 0.5) is 0 Å². The van der Waals surface area contributed by atoms with Crippen molar-refractivity contribution in [1.82, 2.24) is 15.4 Å². The molecule has 1 fully saturated rings. The zero-order chi connectivity index (χ0) is 22.4. The van der Waals surface area contributed by atoms with E-state index in [2.05, 4.69) is 17.1 Å². The second-order valence-electron chi connectivity index (χ2n) is 7.22. The Balaban J connectivity index is 1.76. The van der Waals surface area contributed by atoms with Crippen LogP contribution in [0.15, 0.2) is 35.4 Å². The predicted octanol–water partition coefficient (Wildman–Crippen LogP) is 2.67. The van der Waals surface area contributed by atoms with Crippen LogP contribution in [-0.2, 0) is 6.54 Å². The maximum Gasteiger partial charge on any atom is 0.273 e. The number of carbonyl (C=O) groups excluding carboxylic acids is 2. The molecule has 1 aliphatic rings. The van der Waals surface area contributed by atoms with Crippen molar-refractivity contribution in [2.24, 2.45) is 5.92 Å². The molecule has 2 aromatic rings. The van der Waals surface area contributed by atoms with E-state index in [4.69, 9.17) is 18.7 Å². The molecule has 9 nitrogen and oxygen atoms in total. The molecule has 1 saturated carbocycles. The van der Waals surface area contributed by atoms with E-state index in [9.17, 15) is 9.59 Å². The summed E-state index contributed by atoms with van der Waals surface area (Å²) in [7, 11) is 4.46. The van der Waals surface area contributed by atoms with E-state index in [1.54, 1.807) is 24.3 Å². The van der Waals surface area contributed by atoms with Gasteiger partial charge in [-0.1, -0.05) is 11.2 Å². The molecule has 0 atom stereocenters. The summed E-state index contributed by atoms with van der Waals surface area (Å²) in [5.41, 5.74) is 0.535. The molecule has 1 aromatic carbocycles. The number of ether oxygens (including phenoxy) is 3. The first kappa shape index (κ1) is 22.2. The third kappa shape index (κ3) is 5.36. The first-order valence-electron chi connectivity index (χ1n) is 9.94. The van der Waals surface area contributed by atoms with E-state index in [1.807, 2.05) is 0 Å². The molecule has 1 aliphatic carbocycles. The maximum atomic E-state index is 13.2. The molecule has 0 aliphatic heterocycles. The number of nitrogens with one attached hydrogen (secondary N) is 1. The molecular formula is C22H27N3O6. The smallest absolute Gasteiger partial charge is 0.273 e. The Morgan fingerprint density at radius 1 is 1.19 bits per heavy atom. The van der Waals surface area contributed by atoms with Gasteiger partial charge in [-0.2, -0.15) is 0 Å². The Kier molecular flexibility index (Phi) is 7.17. The molecule has 3 rings (SSSR count). The molecule has 0 bridgehead atoms. The minimum Gasteiger partial charge on any atom is -0.493 e. The zero-order valence-electron chi connectivity index (χ0n) is 18.0. The lowest BCUT2D eigenvalue weighted by Crippen LogP contribution is -2.30. The van der Waals surface area contributed by atoms with E-state index >= 15 is 0 Å². The Hall–Kier alpha value is -3.49. The third-order valence-electron chi connectivity index (χ3n) is 4.93. The molecule has 0 radical (unpaired) electrons. The van der Waals surface area contributed by atoms with Gasteiger partial charge in [0.25, 0.3) is 11.8 Å². The summed E-state index contributed by atoms with van der Waals surface area (Å²) in [6.07, 6.45) is 3.89. The lowest BCUT2D eigenvalue weighted by atomic mass is 10.1. The van der Waals surface area contributed by atoms with Gasteiger partial charge in [0, 0.05) is 24.7 Å². The van der Waals surface area contributed by atoms with Gasteiger partial charge in [0.15, 0.2) is 23.0 Å². The van der Waals surface area contributed by atoms with Crippen LogP contribution in [0.25, 0.3) is 0 Å². The first-order chi connectivity index (χ1) is 15.0. The van der Waals surface area contributed by atoms with E-state index in [1.165, 1.54) is 26.2 Å². The van der Waals surface area contributed by atoms with Gasteiger partial charge in [0.05, 0.1) is 27.9 Å². The van der Waals surface area contributed by atoms with Crippen LogP contribution < -0.4 is 19.5 Å². The van der Waals surface area contributed by atoms with Crippen LogP contribution in [0.1, 0.15) is 39.4 Å². The fourth-order valence-corrected chi connectivity index (χ4v) is 3.09. The first-order valence-corrected chi connectivity index (χ1v) is 9.94. The van der Waals surface area contributed by atoms with Crippen molar-refractivity contribution in [3.05, 3.63) is 47.9 Å². The topological polar surface area (TPSA) is 103 Å². The SMILES string of the molecule is C=CCN(Cc1cc(C(=O)NCC2CC2)no1)C(=O)c1cc(OC)c(OC)c(OC)c1. The fraction of sp³-hybridized carbons (Fsp3) is 0.409. The number of rotatable bonds is 11. The summed E-state index contributed by atoms with van der Waals surface area (Å²) in [6.45, 7) is 4.74. The number of benzene rings is 1. The van der Waals surface area contributed by atoms with Gasteiger partial charge in [-0.3, -0.25) is 9.59 Å². The van der Waals surface area contributed by atoms with Crippen molar-refractivity contribution < 1.29 is 28.3 Å². The van der Waals surface area contributed by atoms with Gasteiger partial charge in [-0.25, -0.2) is 0 Å². The summed E-state index contributed by atoms with van der Waals surface area (Å²) in [5, 5.41) is 6.67. The van der Waals surface area contributed by atoms with Crippen LogP contribution in [0, 0.1) is 5.92 Å². The number of carbonyl (C=O) groups is 2. The van der Waals surface area contributed by atoms with Gasteiger partial charge < -0.3 is 29.0 Å². The predicted molar refractivity (Wildman–Crippen MR) is 113 cm³/mol. The van der Waals surface area contributed by atoms with Crippen LogP contribution in [0.5, 0.6) is 17.2 Å². The highest BCUT2D eigenvalue weighted by Crippen LogP contribution is 2.38. The third-order valence-corrected chi connectivity index (χ3v) is 4.93. The summed E-state index contributed by atoms with van der Waals surface area (Å²) >= 11 is 0. The Morgan fingerprint density at radius 3 is 2.42 bits per heavy atom. The summed E-state index contributed by atoms with van der Waals surface area (Å²) in [6, 6.07) is 4.70. The van der Waals surface area contributed by atoms with Gasteiger partial charge >= 0.3 is 0 Å². The molecule has 1 aromatic heterocycles. The lowest BCUT2D eigenvalue weighted by molar-refractivity contribution is 0.0746. The zero-order valence-corrected chi connectivity index (χ0v) is 18.0. The van der Waals surface area contributed by atoms with Gasteiger partial charge in [-0.05, 0) is 30.9 Å². The summed E-state index contributed by atoms with van der Waals surface area (Å²) < 4.78 is 21.3. The number of hydrogen-bond donors (Lipinski definition) is 1. The molecule has 9 heteroatoms. The van der Waals surface area contributed by atoms with Crippen molar-refractivity contribution in [3.63, 3.8) is 0 Å². The highest BCUT2D eigenvalue weighted by Gasteiger charge is 2.24. The number of nitrogens with zero attached hydrogens (tertiary/aromatic N) is 2. The Morgan fingerprint density at radius 2 is 1.87 bits per heavy atom. The van der Waals surface area contributed by atoms with E-state index in [0.717, 1.165) is 12.8 Å². The molecule has 1 heterocycles. The van der Waals surface area contributed by atoms with Crippen LogP contribution in [0.3, 0.4) is 0 Å². The van der Waals surface area contributed by atoms with Crippen molar-refractivity contribution in [2.75, 3.05) is 34.4 Å². The standard InChI is InChI=1S/C22H27N3O6/c1-5-8-25(13-16-11-17(24-31-16)21(26)23-12-14-6-7-14)22(27)15-9-18(28-2)20(30-4)19(10-15)29-3/h5,9-11,14H,1,6-8,12-13H2,2-4H3,(H,23,26). The van der Waals surface area contributed by atoms with Crippen molar-refractivity contribution in [1.29, 1.82) is 0 Å². The van der Waals surface area contributed by atoms with Crippen molar-refractivity contribution in [2.45, 2.75) is 19.4 Å². The Bertz CT molecular complexity index is 925. The largest absolute Gasteiger partial charge is 0.493 e. The molecule has 0 saturated heterocycles.